The molecule has 0 unspecified atom stereocenters. The van der Waals surface area contributed by atoms with Crippen molar-refractivity contribution < 1.29 is 23.7 Å². The molecule has 4 rings (SSSR count). The number of methoxy groups -OCH3 is 2. The smallest absolute Gasteiger partial charge is 0.258 e. The summed E-state index contributed by atoms with van der Waals surface area (Å²) in [5, 5.41) is 16.1. The second-order valence-corrected chi connectivity index (χ2v) is 7.41. The van der Waals surface area contributed by atoms with Crippen molar-refractivity contribution in [2.24, 2.45) is 0 Å². The molecule has 0 aliphatic rings. The molecule has 0 bridgehead atoms. The fourth-order valence-corrected chi connectivity index (χ4v) is 3.29. The summed E-state index contributed by atoms with van der Waals surface area (Å²) in [5.74, 6) is 2.32. The minimum absolute atomic E-state index is 0.128. The van der Waals surface area contributed by atoms with Gasteiger partial charge >= 0.3 is 0 Å². The van der Waals surface area contributed by atoms with Crippen molar-refractivity contribution in [3.05, 3.63) is 59.6 Å². The SMILES string of the molecule is COc1ccc(OC)c(-c2nnc3ccc(OCCNC(=O)COc4cccc(Cl)c4)nn23)c1. The zero-order valence-corrected chi connectivity index (χ0v) is 19.3. The molecule has 0 atom stereocenters. The van der Waals surface area contributed by atoms with Gasteiger partial charge in [-0.05, 0) is 42.5 Å². The van der Waals surface area contributed by atoms with Crippen molar-refractivity contribution in [1.29, 1.82) is 0 Å². The maximum absolute atomic E-state index is 12.0. The van der Waals surface area contributed by atoms with Crippen LogP contribution in [0.4, 0.5) is 0 Å². The van der Waals surface area contributed by atoms with Gasteiger partial charge in [-0.2, -0.15) is 4.52 Å². The summed E-state index contributed by atoms with van der Waals surface area (Å²) in [7, 11) is 3.16. The number of benzene rings is 2. The Kier molecular flexibility index (Phi) is 7.28. The highest BCUT2D eigenvalue weighted by Gasteiger charge is 2.16. The minimum atomic E-state index is -0.279. The molecule has 10 nitrogen and oxygen atoms in total. The number of carbonyl (C=O) groups excluding carboxylic acids is 1. The van der Waals surface area contributed by atoms with Crippen LogP contribution in [0.1, 0.15) is 0 Å². The van der Waals surface area contributed by atoms with Gasteiger partial charge in [0.05, 0.1) is 26.3 Å². The zero-order valence-electron chi connectivity index (χ0n) is 18.5. The minimum Gasteiger partial charge on any atom is -0.497 e. The molecule has 0 fully saturated rings. The third-order valence-corrected chi connectivity index (χ3v) is 4.96. The van der Waals surface area contributed by atoms with E-state index in [4.69, 9.17) is 30.5 Å². The van der Waals surface area contributed by atoms with Gasteiger partial charge in [0.25, 0.3) is 5.91 Å². The van der Waals surface area contributed by atoms with Crippen molar-refractivity contribution in [1.82, 2.24) is 25.1 Å². The molecule has 176 valence electrons. The topological polar surface area (TPSA) is 109 Å². The molecule has 4 aromatic rings. The van der Waals surface area contributed by atoms with E-state index in [1.165, 1.54) is 0 Å². The maximum atomic E-state index is 12.0. The Morgan fingerprint density at radius 3 is 2.68 bits per heavy atom. The van der Waals surface area contributed by atoms with Crippen LogP contribution in [0.2, 0.25) is 5.02 Å². The number of amides is 1. The molecule has 0 saturated carbocycles. The van der Waals surface area contributed by atoms with Gasteiger partial charge in [-0.15, -0.1) is 15.3 Å². The molecule has 1 N–H and O–H groups in total. The molecule has 1 amide bonds. The van der Waals surface area contributed by atoms with Crippen LogP contribution in [0.5, 0.6) is 23.1 Å². The average Bonchev–Trinajstić information content (AvgIpc) is 3.28. The number of carbonyl (C=O) groups is 1. The van der Waals surface area contributed by atoms with Crippen molar-refractivity contribution >= 4 is 23.2 Å². The first-order valence-corrected chi connectivity index (χ1v) is 10.7. The number of hydrogen-bond acceptors (Lipinski definition) is 8. The van der Waals surface area contributed by atoms with Gasteiger partial charge in [0.1, 0.15) is 23.9 Å². The Morgan fingerprint density at radius 2 is 1.88 bits per heavy atom. The fraction of sp³-hybridized carbons (Fsp3) is 0.217. The summed E-state index contributed by atoms with van der Waals surface area (Å²) in [6.07, 6.45) is 0. The quantitative estimate of drug-likeness (QED) is 0.343. The van der Waals surface area contributed by atoms with Crippen LogP contribution >= 0.6 is 11.6 Å². The van der Waals surface area contributed by atoms with Crippen molar-refractivity contribution in [3.63, 3.8) is 0 Å². The van der Waals surface area contributed by atoms with E-state index in [0.29, 0.717) is 45.2 Å². The molecule has 2 aromatic carbocycles. The van der Waals surface area contributed by atoms with Gasteiger partial charge in [0.2, 0.25) is 5.88 Å². The van der Waals surface area contributed by atoms with Crippen molar-refractivity contribution in [2.45, 2.75) is 0 Å². The van der Waals surface area contributed by atoms with Gasteiger partial charge in [-0.25, -0.2) is 0 Å². The summed E-state index contributed by atoms with van der Waals surface area (Å²) >= 11 is 5.90. The lowest BCUT2D eigenvalue weighted by Crippen LogP contribution is -2.32. The molecular formula is C23H22ClN5O5. The van der Waals surface area contributed by atoms with Crippen LogP contribution in [0.3, 0.4) is 0 Å². The Hall–Kier alpha value is -4.05. The van der Waals surface area contributed by atoms with Crippen LogP contribution in [-0.2, 0) is 4.79 Å². The Labute approximate surface area is 200 Å². The van der Waals surface area contributed by atoms with E-state index < -0.39 is 0 Å². The van der Waals surface area contributed by atoms with Gasteiger partial charge in [0, 0.05) is 11.1 Å². The number of fused-ring (bicyclic) bond motifs is 1. The average molecular weight is 484 g/mol. The lowest BCUT2D eigenvalue weighted by Gasteiger charge is -2.10. The van der Waals surface area contributed by atoms with E-state index in [-0.39, 0.29) is 25.7 Å². The Balaban J connectivity index is 1.36. The van der Waals surface area contributed by atoms with E-state index in [1.807, 2.05) is 0 Å². The van der Waals surface area contributed by atoms with E-state index >= 15 is 0 Å². The first-order valence-electron chi connectivity index (χ1n) is 10.3. The summed E-state index contributed by atoms with van der Waals surface area (Å²) in [6, 6.07) is 15.6. The third-order valence-electron chi connectivity index (χ3n) is 4.73. The second-order valence-electron chi connectivity index (χ2n) is 6.98. The number of nitrogens with one attached hydrogen (secondary N) is 1. The van der Waals surface area contributed by atoms with Crippen LogP contribution in [0, 0.1) is 0 Å². The number of nitrogens with zero attached hydrogens (tertiary/aromatic N) is 4. The summed E-state index contributed by atoms with van der Waals surface area (Å²) < 4.78 is 23.4. The monoisotopic (exact) mass is 483 g/mol. The predicted octanol–water partition coefficient (Wildman–Crippen LogP) is 3.04. The molecule has 11 heteroatoms. The van der Waals surface area contributed by atoms with Gasteiger partial charge in [-0.1, -0.05) is 17.7 Å². The molecule has 0 radical (unpaired) electrons. The Morgan fingerprint density at radius 1 is 1.00 bits per heavy atom. The largest absolute Gasteiger partial charge is 0.497 e. The van der Waals surface area contributed by atoms with E-state index in [2.05, 4.69) is 20.6 Å². The van der Waals surface area contributed by atoms with Gasteiger partial charge in [-0.3, -0.25) is 4.79 Å². The zero-order chi connectivity index (χ0) is 23.9. The van der Waals surface area contributed by atoms with E-state index in [1.54, 1.807) is 73.3 Å². The third kappa shape index (κ3) is 5.46. The molecule has 0 aliphatic heterocycles. The molecule has 34 heavy (non-hydrogen) atoms. The van der Waals surface area contributed by atoms with Crippen LogP contribution in [0.25, 0.3) is 17.0 Å². The van der Waals surface area contributed by atoms with E-state index in [9.17, 15) is 4.79 Å². The summed E-state index contributed by atoms with van der Waals surface area (Å²) in [5.41, 5.74) is 1.21. The molecule has 0 spiro atoms. The summed E-state index contributed by atoms with van der Waals surface area (Å²) in [6.45, 7) is 0.356. The molecule has 2 aromatic heterocycles. The highest BCUT2D eigenvalue weighted by molar-refractivity contribution is 6.30. The molecule has 0 saturated heterocycles. The highest BCUT2D eigenvalue weighted by atomic mass is 35.5. The molecule has 0 aliphatic carbocycles. The number of rotatable bonds is 10. The number of ether oxygens (including phenoxy) is 4. The Bertz CT molecular complexity index is 1300. The second kappa shape index (κ2) is 10.7. The normalized spacial score (nSPS) is 10.7. The van der Waals surface area contributed by atoms with Crippen molar-refractivity contribution in [3.8, 4) is 34.5 Å². The van der Waals surface area contributed by atoms with E-state index in [0.717, 1.165) is 0 Å². The first-order chi connectivity index (χ1) is 16.6. The number of aromatic nitrogens is 4. The van der Waals surface area contributed by atoms with Crippen LogP contribution in [-0.4, -0.2) is 59.7 Å². The predicted molar refractivity (Wildman–Crippen MR) is 125 cm³/mol. The van der Waals surface area contributed by atoms with Gasteiger partial charge < -0.3 is 24.3 Å². The first kappa shape index (κ1) is 23.1. The van der Waals surface area contributed by atoms with Crippen molar-refractivity contribution in [2.75, 3.05) is 34.0 Å². The maximum Gasteiger partial charge on any atom is 0.258 e. The highest BCUT2D eigenvalue weighted by Crippen LogP contribution is 2.32. The molecular weight excluding hydrogens is 462 g/mol. The fourth-order valence-electron chi connectivity index (χ4n) is 3.11. The number of hydrogen-bond donors (Lipinski definition) is 1. The lowest BCUT2D eigenvalue weighted by atomic mass is 10.2. The standard InChI is InChI=1S/C23H22ClN5O5/c1-31-16-6-7-19(32-2)18(13-16)23-27-26-20-8-9-22(28-29(20)23)33-11-10-25-21(30)14-34-17-5-3-4-15(24)12-17/h3-9,12-13H,10-11,14H2,1-2H3,(H,25,30). The van der Waals surface area contributed by atoms with Crippen LogP contribution in [0.15, 0.2) is 54.6 Å². The summed E-state index contributed by atoms with van der Waals surface area (Å²) in [4.78, 5) is 12.0. The van der Waals surface area contributed by atoms with Gasteiger partial charge in [0.15, 0.2) is 18.1 Å². The van der Waals surface area contributed by atoms with Crippen LogP contribution < -0.4 is 24.3 Å². The lowest BCUT2D eigenvalue weighted by molar-refractivity contribution is -0.123. The number of halogens is 1. The molecule has 2 heterocycles.